The number of hydrogen-bond acceptors (Lipinski definition) is 2. The highest BCUT2D eigenvalue weighted by Gasteiger charge is 2.24. The summed E-state index contributed by atoms with van der Waals surface area (Å²) in [5.74, 6) is 1.10. The minimum absolute atomic E-state index is 0.522. The van der Waals surface area contributed by atoms with Crippen molar-refractivity contribution in [3.05, 3.63) is 187 Å². The summed E-state index contributed by atoms with van der Waals surface area (Å²) in [5.41, 5.74) is 17.6. The molecule has 1 aliphatic carbocycles. The lowest BCUT2D eigenvalue weighted by Crippen LogP contribution is -2.03. The first-order valence-corrected chi connectivity index (χ1v) is 27.9. The van der Waals surface area contributed by atoms with Gasteiger partial charge >= 0.3 is 0 Å². The van der Waals surface area contributed by atoms with E-state index in [1.165, 1.54) is 165 Å². The number of furan rings is 2. The Bertz CT molecular complexity index is 4120. The monoisotopic (exact) mass is 967 g/mol. The SMILES string of the molecule is C/C=C\C(=C/Cn1c2ccc(C3CCCCCCC3)cc2c2c(-c3cccc4oc5ccccc5c34)cccc21)n1c2ccc(C(CCC)CCCC)cc2c2c(-c3cccc4oc5ccccc5c34)cccc21. The maximum atomic E-state index is 6.51. The molecule has 0 radical (unpaired) electrons. The first kappa shape index (κ1) is 46.2. The first-order chi connectivity index (χ1) is 36.6. The van der Waals surface area contributed by atoms with Gasteiger partial charge in [0.15, 0.2) is 0 Å². The van der Waals surface area contributed by atoms with E-state index in [0.29, 0.717) is 18.4 Å². The number of nitrogens with zero attached hydrogens (tertiary/aromatic N) is 2. The number of para-hydroxylation sites is 2. The van der Waals surface area contributed by atoms with Gasteiger partial charge in [0.25, 0.3) is 0 Å². The van der Waals surface area contributed by atoms with Crippen molar-refractivity contribution in [2.75, 3.05) is 0 Å². The normalized spacial score (nSPS) is 14.8. The maximum absolute atomic E-state index is 6.51. The minimum Gasteiger partial charge on any atom is -0.456 e. The van der Waals surface area contributed by atoms with Crippen molar-refractivity contribution in [2.45, 2.75) is 116 Å². The van der Waals surface area contributed by atoms with E-state index in [0.717, 1.165) is 38.8 Å². The molecule has 4 heterocycles. The van der Waals surface area contributed by atoms with Crippen LogP contribution < -0.4 is 0 Å². The summed E-state index contributed by atoms with van der Waals surface area (Å²) in [6, 6.07) is 59.0. The van der Waals surface area contributed by atoms with Gasteiger partial charge < -0.3 is 18.0 Å². The van der Waals surface area contributed by atoms with E-state index in [-0.39, 0.29) is 0 Å². The van der Waals surface area contributed by atoms with E-state index < -0.39 is 0 Å². The van der Waals surface area contributed by atoms with Gasteiger partial charge in [-0.25, -0.2) is 0 Å². The van der Waals surface area contributed by atoms with Crippen LogP contribution in [0.25, 0.3) is 115 Å². The Kier molecular flexibility index (Phi) is 12.3. The number of unbranched alkanes of at least 4 members (excludes halogenated alkanes) is 1. The van der Waals surface area contributed by atoms with Crippen molar-refractivity contribution >= 4 is 93.2 Å². The van der Waals surface area contributed by atoms with Crippen LogP contribution in [0, 0.1) is 0 Å². The molecule has 74 heavy (non-hydrogen) atoms. The quantitative estimate of drug-likeness (QED) is 0.108. The van der Waals surface area contributed by atoms with Gasteiger partial charge in [-0.3, -0.25) is 0 Å². The molecule has 0 aliphatic heterocycles. The summed E-state index contributed by atoms with van der Waals surface area (Å²) in [6.07, 6.45) is 22.2. The molecule has 1 fully saturated rings. The molecule has 4 heteroatoms. The van der Waals surface area contributed by atoms with Crippen LogP contribution in [0.5, 0.6) is 0 Å². The van der Waals surface area contributed by atoms with Crippen LogP contribution >= 0.6 is 0 Å². The van der Waals surface area contributed by atoms with Crippen LogP contribution in [0.1, 0.15) is 121 Å². The Hall–Kier alpha value is -7.56. The van der Waals surface area contributed by atoms with E-state index in [1.807, 2.05) is 0 Å². The van der Waals surface area contributed by atoms with Crippen LogP contribution in [-0.4, -0.2) is 9.13 Å². The fourth-order valence-corrected chi connectivity index (χ4v) is 13.3. The predicted octanol–water partition coefficient (Wildman–Crippen LogP) is 21.1. The Morgan fingerprint density at radius 3 is 1.73 bits per heavy atom. The lowest BCUT2D eigenvalue weighted by atomic mass is 9.85. The molecule has 0 bridgehead atoms. The zero-order valence-electron chi connectivity index (χ0n) is 43.3. The Labute approximate surface area is 434 Å². The third kappa shape index (κ3) is 7.88. The predicted molar refractivity (Wildman–Crippen MR) is 316 cm³/mol. The fourth-order valence-electron chi connectivity index (χ4n) is 13.3. The van der Waals surface area contributed by atoms with E-state index in [4.69, 9.17) is 8.83 Å². The molecule has 4 aromatic heterocycles. The number of allylic oxidation sites excluding steroid dienone is 4. The van der Waals surface area contributed by atoms with Crippen molar-refractivity contribution in [1.29, 1.82) is 0 Å². The van der Waals surface area contributed by atoms with Crippen LogP contribution in [0.2, 0.25) is 0 Å². The molecular formula is C70H66N2O2. The summed E-state index contributed by atoms with van der Waals surface area (Å²) in [4.78, 5) is 0. The third-order valence-electron chi connectivity index (χ3n) is 16.8. The summed E-state index contributed by atoms with van der Waals surface area (Å²) in [6.45, 7) is 7.51. The van der Waals surface area contributed by atoms with Crippen molar-refractivity contribution in [3.8, 4) is 22.3 Å². The highest BCUT2D eigenvalue weighted by atomic mass is 16.3. The van der Waals surface area contributed by atoms with E-state index in [9.17, 15) is 0 Å². The summed E-state index contributed by atoms with van der Waals surface area (Å²) >= 11 is 0. The number of rotatable bonds is 13. The number of benzene rings is 8. The summed E-state index contributed by atoms with van der Waals surface area (Å²) < 4.78 is 18.1. The van der Waals surface area contributed by atoms with Gasteiger partial charge in [-0.05, 0) is 151 Å². The fraction of sp³-hybridized carbons (Fsp3) is 0.257. The molecule has 0 amide bonds. The molecular weight excluding hydrogens is 901 g/mol. The summed E-state index contributed by atoms with van der Waals surface area (Å²) in [5, 5.41) is 9.89. The molecule has 4 nitrogen and oxygen atoms in total. The highest BCUT2D eigenvalue weighted by molar-refractivity contribution is 6.23. The topological polar surface area (TPSA) is 36.1 Å². The van der Waals surface area contributed by atoms with Gasteiger partial charge in [-0.2, -0.15) is 0 Å². The van der Waals surface area contributed by atoms with Gasteiger partial charge in [0.05, 0.1) is 16.6 Å². The third-order valence-corrected chi connectivity index (χ3v) is 16.8. The van der Waals surface area contributed by atoms with E-state index in [2.05, 4.69) is 206 Å². The average Bonchev–Trinajstić information content (AvgIpc) is 4.21. The second kappa shape index (κ2) is 19.7. The average molecular weight is 967 g/mol. The van der Waals surface area contributed by atoms with Crippen molar-refractivity contribution in [2.24, 2.45) is 0 Å². The molecule has 1 atom stereocenters. The molecule has 0 N–H and O–H groups in total. The smallest absolute Gasteiger partial charge is 0.136 e. The van der Waals surface area contributed by atoms with E-state index >= 15 is 0 Å². The molecule has 13 rings (SSSR count). The Morgan fingerprint density at radius 2 is 1.08 bits per heavy atom. The van der Waals surface area contributed by atoms with Crippen molar-refractivity contribution in [1.82, 2.24) is 9.13 Å². The molecule has 0 spiro atoms. The van der Waals surface area contributed by atoms with Gasteiger partial charge in [0.2, 0.25) is 0 Å². The lowest BCUT2D eigenvalue weighted by molar-refractivity contribution is 0.456. The van der Waals surface area contributed by atoms with Gasteiger partial charge in [0.1, 0.15) is 22.3 Å². The molecule has 8 aromatic carbocycles. The Balaban J connectivity index is 1.03. The van der Waals surface area contributed by atoms with Gasteiger partial charge in [-0.1, -0.05) is 168 Å². The molecule has 368 valence electrons. The minimum atomic E-state index is 0.522. The maximum Gasteiger partial charge on any atom is 0.136 e. The molecule has 12 aromatic rings. The van der Waals surface area contributed by atoms with Crippen LogP contribution in [-0.2, 0) is 6.54 Å². The van der Waals surface area contributed by atoms with Gasteiger partial charge in [0, 0.05) is 60.8 Å². The van der Waals surface area contributed by atoms with Gasteiger partial charge in [-0.15, -0.1) is 0 Å². The molecule has 1 saturated carbocycles. The highest BCUT2D eigenvalue weighted by Crippen LogP contribution is 2.47. The second-order valence-electron chi connectivity index (χ2n) is 21.3. The molecule has 1 unspecified atom stereocenters. The van der Waals surface area contributed by atoms with E-state index in [1.54, 1.807) is 0 Å². The largest absolute Gasteiger partial charge is 0.456 e. The van der Waals surface area contributed by atoms with Crippen LogP contribution in [0.4, 0.5) is 0 Å². The first-order valence-electron chi connectivity index (χ1n) is 27.9. The van der Waals surface area contributed by atoms with Crippen LogP contribution in [0.15, 0.2) is 185 Å². The Morgan fingerprint density at radius 1 is 0.514 bits per heavy atom. The lowest BCUT2D eigenvalue weighted by Gasteiger charge is -2.20. The van der Waals surface area contributed by atoms with Crippen LogP contribution in [0.3, 0.4) is 0 Å². The number of fused-ring (bicyclic) bond motifs is 12. The molecule has 1 aliphatic rings. The number of hydrogen-bond donors (Lipinski definition) is 0. The van der Waals surface area contributed by atoms with Crippen molar-refractivity contribution in [3.63, 3.8) is 0 Å². The van der Waals surface area contributed by atoms with Crippen molar-refractivity contribution < 1.29 is 8.83 Å². The standard InChI is InChI=1S/C70H66N2O2/c1-4-7-23-46(21-5-2)48-39-41-60-58(45-48)68-52(54-31-20-37-66-70(54)56-27-14-16-35-64(56)74-66)29-18-33-62(68)72(60)50(22-6-3)42-43-71-59-40-38-49(47-24-11-9-8-10-12-25-47)44-57(59)67-51(28-17-32-61(67)71)53-30-19-36-65-69(53)55-26-13-15-34-63(55)73-65/h6,13-20,22,26-42,44-47H,4-5,7-12,21,23-25,43H2,1-3H3/b22-6-,50-42+. The summed E-state index contributed by atoms with van der Waals surface area (Å²) in [7, 11) is 0. The zero-order valence-corrected chi connectivity index (χ0v) is 43.3. The molecule has 0 saturated heterocycles. The zero-order chi connectivity index (χ0) is 49.7. The second-order valence-corrected chi connectivity index (χ2v) is 21.3. The number of aromatic nitrogens is 2.